The summed E-state index contributed by atoms with van der Waals surface area (Å²) in [4.78, 5) is 0. The van der Waals surface area contributed by atoms with Gasteiger partial charge in [-0.05, 0) is 53.1 Å². The molecule has 0 radical (unpaired) electrons. The van der Waals surface area contributed by atoms with Crippen molar-refractivity contribution in [2.45, 2.75) is 44.7 Å². The fraction of sp³-hybridized carbons (Fsp3) is 0.444. The summed E-state index contributed by atoms with van der Waals surface area (Å²) in [6.07, 6.45) is 0.596. The Balaban J connectivity index is 1.91. The van der Waals surface area contributed by atoms with Crippen LogP contribution in [-0.4, -0.2) is 0 Å². The van der Waals surface area contributed by atoms with Gasteiger partial charge in [-0.3, -0.25) is 0 Å². The molecule has 0 aromatic heterocycles. The summed E-state index contributed by atoms with van der Waals surface area (Å²) in [5, 5.41) is 1.57. The molecule has 2 aromatic rings. The van der Waals surface area contributed by atoms with Crippen molar-refractivity contribution in [3.8, 4) is 0 Å². The lowest BCUT2D eigenvalue weighted by molar-refractivity contribution is -0.137. The molecule has 112 valence electrons. The van der Waals surface area contributed by atoms with Crippen LogP contribution in [0, 0.1) is 5.92 Å². The van der Waals surface area contributed by atoms with E-state index in [1.807, 2.05) is 12.1 Å². The topological polar surface area (TPSA) is 0 Å². The molecule has 2 aromatic carbocycles. The van der Waals surface area contributed by atoms with Crippen molar-refractivity contribution in [2.75, 3.05) is 0 Å². The van der Waals surface area contributed by atoms with Crippen molar-refractivity contribution in [1.82, 2.24) is 0 Å². The van der Waals surface area contributed by atoms with Crippen LogP contribution in [0.1, 0.15) is 49.7 Å². The molecule has 0 atom stereocenters. The van der Waals surface area contributed by atoms with Gasteiger partial charge in [0.05, 0.1) is 5.56 Å². The maximum atomic E-state index is 12.7. The average molecular weight is 292 g/mol. The van der Waals surface area contributed by atoms with Crippen molar-refractivity contribution in [3.63, 3.8) is 0 Å². The number of benzene rings is 2. The van der Waals surface area contributed by atoms with Gasteiger partial charge in [0.1, 0.15) is 0 Å². The van der Waals surface area contributed by atoms with Crippen molar-refractivity contribution in [3.05, 3.63) is 47.5 Å². The van der Waals surface area contributed by atoms with E-state index in [-0.39, 0.29) is 0 Å². The Kier molecular flexibility index (Phi) is 3.68. The van der Waals surface area contributed by atoms with Gasteiger partial charge in [0.2, 0.25) is 0 Å². The van der Waals surface area contributed by atoms with Crippen LogP contribution in [-0.2, 0) is 6.18 Å². The first kappa shape index (κ1) is 14.4. The second kappa shape index (κ2) is 5.36. The summed E-state index contributed by atoms with van der Waals surface area (Å²) in [5.74, 6) is 1.36. The molecule has 0 saturated heterocycles. The molecule has 1 fully saturated rings. The van der Waals surface area contributed by atoms with E-state index in [0.29, 0.717) is 11.3 Å². The highest BCUT2D eigenvalue weighted by molar-refractivity contribution is 5.84. The smallest absolute Gasteiger partial charge is 0.166 e. The molecule has 0 amide bonds. The van der Waals surface area contributed by atoms with Crippen molar-refractivity contribution in [1.29, 1.82) is 0 Å². The van der Waals surface area contributed by atoms with E-state index in [4.69, 9.17) is 0 Å². The SMILES string of the molecule is C[C@H]1CC[C@H](c2ccc3cc(C(F)(F)F)ccc3c2)CC1. The molecule has 3 heteroatoms. The highest BCUT2D eigenvalue weighted by Crippen LogP contribution is 2.37. The summed E-state index contributed by atoms with van der Waals surface area (Å²) in [7, 11) is 0. The van der Waals surface area contributed by atoms with E-state index >= 15 is 0 Å². The first-order chi connectivity index (χ1) is 9.93. The van der Waals surface area contributed by atoms with Gasteiger partial charge in [0, 0.05) is 0 Å². The molecule has 3 rings (SSSR count). The molecule has 0 spiro atoms. The molecule has 1 saturated carbocycles. The van der Waals surface area contributed by atoms with Gasteiger partial charge in [-0.25, -0.2) is 0 Å². The summed E-state index contributed by atoms with van der Waals surface area (Å²) < 4.78 is 38.2. The van der Waals surface area contributed by atoms with Crippen LogP contribution >= 0.6 is 0 Å². The number of rotatable bonds is 1. The number of alkyl halides is 3. The molecule has 1 aliphatic rings. The first-order valence-corrected chi connectivity index (χ1v) is 7.54. The van der Waals surface area contributed by atoms with Crippen molar-refractivity contribution in [2.24, 2.45) is 5.92 Å². The van der Waals surface area contributed by atoms with Crippen LogP contribution in [0.4, 0.5) is 13.2 Å². The Morgan fingerprint density at radius 3 is 2.14 bits per heavy atom. The quantitative estimate of drug-likeness (QED) is 0.591. The zero-order valence-electron chi connectivity index (χ0n) is 12.1. The zero-order chi connectivity index (χ0) is 15.0. The lowest BCUT2D eigenvalue weighted by Gasteiger charge is -2.26. The Morgan fingerprint density at radius 1 is 0.857 bits per heavy atom. The Bertz CT molecular complexity index is 634. The fourth-order valence-corrected chi connectivity index (χ4v) is 3.29. The lowest BCUT2D eigenvalue weighted by Crippen LogP contribution is -2.10. The number of halogens is 3. The predicted molar refractivity (Wildman–Crippen MR) is 79.3 cm³/mol. The first-order valence-electron chi connectivity index (χ1n) is 7.54. The van der Waals surface area contributed by atoms with E-state index in [9.17, 15) is 13.2 Å². The molecule has 0 bridgehead atoms. The molecule has 21 heavy (non-hydrogen) atoms. The van der Waals surface area contributed by atoms with Gasteiger partial charge in [-0.1, -0.05) is 44.0 Å². The molecule has 0 N–H and O–H groups in total. The van der Waals surface area contributed by atoms with Crippen molar-refractivity contribution >= 4 is 10.8 Å². The van der Waals surface area contributed by atoms with E-state index in [2.05, 4.69) is 13.0 Å². The molecule has 0 aliphatic heterocycles. The van der Waals surface area contributed by atoms with Gasteiger partial charge in [-0.15, -0.1) is 0 Å². The summed E-state index contributed by atoms with van der Waals surface area (Å²) >= 11 is 0. The van der Waals surface area contributed by atoms with Crippen molar-refractivity contribution < 1.29 is 13.2 Å². The predicted octanol–water partition coefficient (Wildman–Crippen LogP) is 6.15. The fourth-order valence-electron chi connectivity index (χ4n) is 3.29. The normalized spacial score (nSPS) is 23.4. The minimum absolute atomic E-state index is 0.563. The van der Waals surface area contributed by atoms with E-state index in [0.717, 1.165) is 11.3 Å². The molecule has 1 aliphatic carbocycles. The third-order valence-electron chi connectivity index (χ3n) is 4.68. The minimum Gasteiger partial charge on any atom is -0.166 e. The van der Waals surface area contributed by atoms with Gasteiger partial charge in [-0.2, -0.15) is 13.2 Å². The van der Waals surface area contributed by atoms with Crippen LogP contribution in [0.3, 0.4) is 0 Å². The van der Waals surface area contributed by atoms with Gasteiger partial charge >= 0.3 is 6.18 Å². The summed E-state index contributed by atoms with van der Waals surface area (Å²) in [6.45, 7) is 2.29. The highest BCUT2D eigenvalue weighted by atomic mass is 19.4. The van der Waals surface area contributed by atoms with E-state index in [1.165, 1.54) is 43.4 Å². The maximum absolute atomic E-state index is 12.7. The third kappa shape index (κ3) is 3.07. The second-order valence-corrected chi connectivity index (χ2v) is 6.28. The van der Waals surface area contributed by atoms with Crippen LogP contribution in [0.25, 0.3) is 10.8 Å². The lowest BCUT2D eigenvalue weighted by atomic mass is 9.79. The molecule has 0 nitrogen and oxygen atoms in total. The van der Waals surface area contributed by atoms with E-state index in [1.54, 1.807) is 6.07 Å². The summed E-state index contributed by atoms with van der Waals surface area (Å²) in [6, 6.07) is 9.90. The Labute approximate surface area is 123 Å². The molecular weight excluding hydrogens is 273 g/mol. The highest BCUT2D eigenvalue weighted by Gasteiger charge is 2.30. The number of hydrogen-bond acceptors (Lipinski definition) is 0. The van der Waals surface area contributed by atoms with Crippen LogP contribution in [0.5, 0.6) is 0 Å². The van der Waals surface area contributed by atoms with E-state index < -0.39 is 11.7 Å². The standard InChI is InChI=1S/C18H19F3/c1-12-2-4-13(5-3-12)14-6-7-16-11-17(18(19,20)21)9-8-15(16)10-14/h6-13H,2-5H2,1H3/t12-,13-. The van der Waals surface area contributed by atoms with Gasteiger partial charge in [0.25, 0.3) is 0 Å². The van der Waals surface area contributed by atoms with Crippen LogP contribution in [0.15, 0.2) is 36.4 Å². The minimum atomic E-state index is -4.27. The Hall–Kier alpha value is -1.51. The third-order valence-corrected chi connectivity index (χ3v) is 4.68. The average Bonchev–Trinajstić information content (AvgIpc) is 2.46. The number of hydrogen-bond donors (Lipinski definition) is 0. The number of fused-ring (bicyclic) bond motifs is 1. The maximum Gasteiger partial charge on any atom is 0.416 e. The largest absolute Gasteiger partial charge is 0.416 e. The van der Waals surface area contributed by atoms with Gasteiger partial charge < -0.3 is 0 Å². The Morgan fingerprint density at radius 2 is 1.48 bits per heavy atom. The monoisotopic (exact) mass is 292 g/mol. The molecule has 0 unspecified atom stereocenters. The second-order valence-electron chi connectivity index (χ2n) is 6.28. The summed E-state index contributed by atoms with van der Waals surface area (Å²) in [5.41, 5.74) is 0.698. The zero-order valence-corrected chi connectivity index (χ0v) is 12.1. The van der Waals surface area contributed by atoms with Crippen LogP contribution < -0.4 is 0 Å². The molecule has 0 heterocycles. The van der Waals surface area contributed by atoms with Gasteiger partial charge in [0.15, 0.2) is 0 Å². The molecular formula is C18H19F3. The van der Waals surface area contributed by atoms with Crippen LogP contribution in [0.2, 0.25) is 0 Å².